The van der Waals surface area contributed by atoms with Crippen LogP contribution in [0, 0.1) is 13.8 Å². The Morgan fingerprint density at radius 1 is 1.00 bits per heavy atom. The molecular weight excluding hydrogens is 456 g/mol. The van der Waals surface area contributed by atoms with Gasteiger partial charge in [-0.05, 0) is 68.1 Å². The second-order valence-corrected chi connectivity index (χ2v) is 13.0. The van der Waals surface area contributed by atoms with Gasteiger partial charge < -0.3 is 5.11 Å². The fourth-order valence-corrected chi connectivity index (χ4v) is 4.06. The van der Waals surface area contributed by atoms with E-state index >= 15 is 0 Å². The number of aromatic hydroxyl groups is 1. The van der Waals surface area contributed by atoms with Crippen molar-refractivity contribution in [3.8, 4) is 5.75 Å². The standard InChI is InChI=1S/C23H32NOP.2ClH.Ti/c1-15-10-9-11-17(14-24-23(6,7)8)21(15)26-19-13-18(22(3,4)5)12-16(2)20(19)25;;;/h9-14,25-26H,1-8H3;2*1H;/q;;;+2/p-2. The molecule has 2 aromatic carbocycles. The van der Waals surface area contributed by atoms with Crippen molar-refractivity contribution >= 4 is 44.0 Å². The van der Waals surface area contributed by atoms with E-state index < -0.39 is 17.0 Å². The van der Waals surface area contributed by atoms with Crippen LogP contribution in [0.1, 0.15) is 63.8 Å². The Morgan fingerprint density at radius 3 is 2.10 bits per heavy atom. The Kier molecular flexibility index (Phi) is 10.4. The molecule has 0 radical (unpaired) electrons. The predicted molar refractivity (Wildman–Crippen MR) is 129 cm³/mol. The number of aliphatic imine (C=N–C) groups is 1. The van der Waals surface area contributed by atoms with Crippen molar-refractivity contribution in [3.63, 3.8) is 0 Å². The summed E-state index contributed by atoms with van der Waals surface area (Å²) in [6.45, 7) is 17.0. The van der Waals surface area contributed by atoms with Gasteiger partial charge in [0.05, 0.1) is 5.54 Å². The number of rotatable bonds is 3. The molecule has 2 aromatic rings. The molecule has 0 aliphatic rings. The van der Waals surface area contributed by atoms with E-state index in [2.05, 4.69) is 83.8 Å². The van der Waals surface area contributed by atoms with E-state index in [0.29, 0.717) is 14.3 Å². The number of benzene rings is 2. The van der Waals surface area contributed by atoms with E-state index in [1.165, 1.54) is 16.4 Å². The molecule has 0 aromatic heterocycles. The Hall–Kier alpha value is -0.366. The third kappa shape index (κ3) is 8.72. The van der Waals surface area contributed by atoms with Gasteiger partial charge in [0.1, 0.15) is 5.75 Å². The molecule has 2 rings (SSSR count). The number of halogens is 2. The van der Waals surface area contributed by atoms with Crippen LogP contribution in [0.3, 0.4) is 0 Å². The Bertz CT molecular complexity index is 855. The number of phenolic OH excluding ortho intramolecular Hbond substituents is 1. The SMILES string of the molecule is Cc1cc(C(C)(C)C)cc(Pc2c(C)cccc2C=NC(C)(C)C)c1O.[Cl][Ti][Cl]. The summed E-state index contributed by atoms with van der Waals surface area (Å²) in [7, 11) is 10.2. The van der Waals surface area contributed by atoms with Crippen molar-refractivity contribution in [1.29, 1.82) is 0 Å². The van der Waals surface area contributed by atoms with Crippen LogP contribution in [0.25, 0.3) is 0 Å². The number of nitrogens with zero attached hydrogens (tertiary/aromatic N) is 1. The molecule has 29 heavy (non-hydrogen) atoms. The summed E-state index contributed by atoms with van der Waals surface area (Å²) in [5.74, 6) is 0.415. The summed E-state index contributed by atoms with van der Waals surface area (Å²) in [6, 6.07) is 10.6. The molecule has 0 saturated heterocycles. The van der Waals surface area contributed by atoms with Crippen LogP contribution in [-0.2, 0) is 22.4 Å². The molecule has 0 amide bonds. The van der Waals surface area contributed by atoms with Gasteiger partial charge in [0.2, 0.25) is 0 Å². The van der Waals surface area contributed by atoms with E-state index in [0.717, 1.165) is 16.4 Å². The molecule has 0 spiro atoms. The number of phenols is 1. The fourth-order valence-electron chi connectivity index (χ4n) is 2.67. The van der Waals surface area contributed by atoms with Gasteiger partial charge >= 0.3 is 35.6 Å². The molecule has 0 fully saturated rings. The zero-order valence-corrected chi connectivity index (χ0v) is 22.7. The second kappa shape index (κ2) is 11.3. The van der Waals surface area contributed by atoms with Crippen molar-refractivity contribution in [2.75, 3.05) is 0 Å². The van der Waals surface area contributed by atoms with Crippen LogP contribution >= 0.6 is 27.2 Å². The van der Waals surface area contributed by atoms with Gasteiger partial charge in [0.15, 0.2) is 0 Å². The van der Waals surface area contributed by atoms with Gasteiger partial charge in [-0.2, -0.15) is 0 Å². The predicted octanol–water partition coefficient (Wildman–Crippen LogP) is 6.53. The molecule has 0 aliphatic heterocycles. The first-order valence-electron chi connectivity index (χ1n) is 9.52. The Labute approximate surface area is 195 Å². The van der Waals surface area contributed by atoms with Gasteiger partial charge in [-0.1, -0.05) is 53.6 Å². The average molecular weight is 488 g/mol. The molecule has 0 saturated carbocycles. The molecule has 1 atom stereocenters. The van der Waals surface area contributed by atoms with E-state index in [4.69, 9.17) is 18.6 Å². The molecule has 2 nitrogen and oxygen atoms in total. The average Bonchev–Trinajstić information content (AvgIpc) is 2.58. The van der Waals surface area contributed by atoms with E-state index in [1.807, 2.05) is 13.1 Å². The number of aryl methyl sites for hydroxylation is 2. The first-order chi connectivity index (χ1) is 13.3. The van der Waals surface area contributed by atoms with Gasteiger partial charge in [-0.3, -0.25) is 4.99 Å². The van der Waals surface area contributed by atoms with Crippen LogP contribution in [0.5, 0.6) is 5.75 Å². The third-order valence-corrected chi connectivity index (χ3v) is 5.91. The van der Waals surface area contributed by atoms with E-state index in [9.17, 15) is 5.11 Å². The molecule has 0 heterocycles. The molecule has 158 valence electrons. The molecule has 1 N–H and O–H groups in total. The fraction of sp³-hybridized carbons (Fsp3) is 0.435. The summed E-state index contributed by atoms with van der Waals surface area (Å²) in [5.41, 5.74) is 4.53. The van der Waals surface area contributed by atoms with Crippen LogP contribution in [0.2, 0.25) is 0 Å². The van der Waals surface area contributed by atoms with Gasteiger partial charge in [0.25, 0.3) is 0 Å². The van der Waals surface area contributed by atoms with Crippen molar-refractivity contribution < 1.29 is 22.1 Å². The maximum absolute atomic E-state index is 10.7. The number of hydrogen-bond acceptors (Lipinski definition) is 2. The summed E-state index contributed by atoms with van der Waals surface area (Å²) >= 11 is -0.556. The molecule has 6 heteroatoms. The van der Waals surface area contributed by atoms with Crippen molar-refractivity contribution in [1.82, 2.24) is 0 Å². The molecule has 0 aliphatic carbocycles. The van der Waals surface area contributed by atoms with Gasteiger partial charge in [-0.15, -0.1) is 0 Å². The van der Waals surface area contributed by atoms with Crippen LogP contribution in [0.4, 0.5) is 0 Å². The molecule has 0 bridgehead atoms. The normalized spacial score (nSPS) is 12.3. The van der Waals surface area contributed by atoms with E-state index in [1.54, 1.807) is 0 Å². The van der Waals surface area contributed by atoms with Crippen LogP contribution in [-0.4, -0.2) is 16.9 Å². The first-order valence-corrected chi connectivity index (χ1v) is 14.8. The monoisotopic (exact) mass is 487 g/mol. The second-order valence-electron chi connectivity index (χ2n) is 9.10. The minimum atomic E-state index is -0.556. The summed E-state index contributed by atoms with van der Waals surface area (Å²) in [5, 5.41) is 12.9. The van der Waals surface area contributed by atoms with Crippen molar-refractivity contribution in [2.24, 2.45) is 4.99 Å². The maximum atomic E-state index is 10.7. The summed E-state index contributed by atoms with van der Waals surface area (Å²) in [6.07, 6.45) is 1.98. The Balaban J connectivity index is 0.00000132. The summed E-state index contributed by atoms with van der Waals surface area (Å²) < 4.78 is 0. The molecule has 1 unspecified atom stereocenters. The number of hydrogen-bond donors (Lipinski definition) is 1. The van der Waals surface area contributed by atoms with E-state index in [-0.39, 0.29) is 11.0 Å². The quantitative estimate of drug-likeness (QED) is 0.298. The summed E-state index contributed by atoms with van der Waals surface area (Å²) in [4.78, 5) is 4.68. The van der Waals surface area contributed by atoms with Gasteiger partial charge in [-0.25, -0.2) is 0 Å². The Morgan fingerprint density at radius 2 is 1.59 bits per heavy atom. The van der Waals surface area contributed by atoms with Crippen LogP contribution in [0.15, 0.2) is 35.3 Å². The topological polar surface area (TPSA) is 32.6 Å². The van der Waals surface area contributed by atoms with Gasteiger partial charge in [0, 0.05) is 17.1 Å². The van der Waals surface area contributed by atoms with Crippen LogP contribution < -0.4 is 10.6 Å². The third-order valence-electron chi connectivity index (χ3n) is 4.32. The minimum absolute atomic E-state index is 0.0555. The van der Waals surface area contributed by atoms with Crippen molar-refractivity contribution in [3.05, 3.63) is 52.6 Å². The van der Waals surface area contributed by atoms with Crippen molar-refractivity contribution in [2.45, 2.75) is 66.3 Å². The zero-order valence-electron chi connectivity index (χ0n) is 18.6. The molecular formula is C23H32Cl2NOPTi. The first kappa shape index (κ1) is 26.7. The zero-order chi connectivity index (χ0) is 22.4.